The second kappa shape index (κ2) is 33.9. The lowest BCUT2D eigenvalue weighted by molar-refractivity contribution is -0.384. The Labute approximate surface area is 589 Å². The molecule has 4 N–H and O–H groups in total. The molecule has 0 spiro atoms. The number of fused-ring (bicyclic) bond motifs is 12. The molecule has 100 heavy (non-hydrogen) atoms. The highest BCUT2D eigenvalue weighted by Crippen LogP contribution is 2.50. The van der Waals surface area contributed by atoms with Gasteiger partial charge in [0.2, 0.25) is 0 Å². The first-order chi connectivity index (χ1) is 48.2. The molecule has 6 aromatic rings. The third-order valence-corrected chi connectivity index (χ3v) is 22.0. The molecule has 0 unspecified atom stereocenters. The summed E-state index contributed by atoms with van der Waals surface area (Å²) < 4.78 is 33.2. The van der Waals surface area contributed by atoms with Gasteiger partial charge in [0.05, 0.1) is 4.92 Å². The van der Waals surface area contributed by atoms with Gasteiger partial charge >= 0.3 is 30.5 Å². The van der Waals surface area contributed by atoms with E-state index in [2.05, 4.69) is 56.5 Å². The van der Waals surface area contributed by atoms with Crippen LogP contribution in [-0.4, -0.2) is 90.6 Å². The van der Waals surface area contributed by atoms with Crippen LogP contribution in [0.3, 0.4) is 0 Å². The van der Waals surface area contributed by atoms with Crippen molar-refractivity contribution in [3.63, 3.8) is 0 Å². The predicted octanol–water partition coefficient (Wildman–Crippen LogP) is 17.3. The molecule has 3 fully saturated rings. The molecule has 534 valence electrons. The van der Waals surface area contributed by atoms with Crippen molar-refractivity contribution in [2.75, 3.05) is 27.2 Å². The summed E-state index contributed by atoms with van der Waals surface area (Å²) >= 11 is 0. The highest BCUT2D eigenvalue weighted by atomic mass is 16.7. The zero-order valence-electron chi connectivity index (χ0n) is 59.4. The van der Waals surface area contributed by atoms with E-state index >= 15 is 0 Å². The second-order valence-electron chi connectivity index (χ2n) is 29.1. The Kier molecular flexibility index (Phi) is 25.0. The van der Waals surface area contributed by atoms with E-state index in [1.54, 1.807) is 30.0 Å². The topological polar surface area (TPSA) is 240 Å². The molecule has 6 aliphatic rings. The van der Waals surface area contributed by atoms with Crippen molar-refractivity contribution in [1.29, 1.82) is 0 Å². The Morgan fingerprint density at radius 2 is 0.860 bits per heavy atom. The van der Waals surface area contributed by atoms with E-state index in [4.69, 9.17) is 34.2 Å². The number of hydrogen-bond acceptors (Lipinski definition) is 14. The van der Waals surface area contributed by atoms with Gasteiger partial charge in [-0.2, -0.15) is 0 Å². The number of amides is 4. The fourth-order valence-corrected chi connectivity index (χ4v) is 16.6. The number of nitro benzene ring substituents is 1. The third-order valence-electron chi connectivity index (χ3n) is 22.0. The normalized spacial score (nSPS) is 23.9. The van der Waals surface area contributed by atoms with Crippen LogP contribution in [0.15, 0.2) is 140 Å². The van der Waals surface area contributed by atoms with Gasteiger partial charge in [-0.05, 0) is 181 Å². The van der Waals surface area contributed by atoms with Crippen molar-refractivity contribution in [3.8, 4) is 23.0 Å². The average Bonchev–Trinajstić information content (AvgIpc) is 0.758. The van der Waals surface area contributed by atoms with Crippen molar-refractivity contribution >= 4 is 36.2 Å². The van der Waals surface area contributed by atoms with Gasteiger partial charge in [-0.15, -0.1) is 0 Å². The van der Waals surface area contributed by atoms with Gasteiger partial charge in [0.1, 0.15) is 36.2 Å². The minimum atomic E-state index is -0.940. The standard InChI is InChI=1S/C31H32N2O7.C29H38N2O4.C21H32N2O2/c1-31-17-7-3-6-10-23(28(31)32-29(34)38-20-21-8-4-2-5-9-21)18-22-11-14-26(19-27(22)31)40-30(35)39-25-15-12-24(13-16-25)33(36)37;1-4-17-31(3)28(33)35-24-15-14-22-18-23-13-9-6-10-16-29(2,25(22)19-24)26(23)30-27(32)34-20-21-11-7-5-8-12-21;1-4-12-23(3)20(24)25-17-10-9-15-13-16-8-6-5-7-11-21(2,19(16)22)18(15)14-17/h2,4-5,8-9,11-16,19,23,28H,3,6-7,10,17-18,20H2,1H3,(H,32,34);5,7-8,11-12,14-15,19,23,26H,4,6,9-10,13,16-18,20H2,1-3H3,(H,30,32);9-10,14,16,19H,4-8,11-13,22H2,1-3H3/t23-,28-,31+;23-,26-,29+;16-,19-,21+/m000/s1. The van der Waals surface area contributed by atoms with Gasteiger partial charge in [0.25, 0.3) is 5.69 Å². The van der Waals surface area contributed by atoms with Crippen molar-refractivity contribution in [3.05, 3.63) is 194 Å². The lowest BCUT2D eigenvalue weighted by Crippen LogP contribution is -2.57. The molecular formula is C81H102N6O13. The first-order valence-electron chi connectivity index (χ1n) is 36.3. The maximum absolute atomic E-state index is 13.0. The number of non-ortho nitro benzene ring substituents is 1. The summed E-state index contributed by atoms with van der Waals surface area (Å²) in [5.74, 6) is 2.85. The number of nitrogens with one attached hydrogen (secondary N) is 2. The molecule has 19 nitrogen and oxygen atoms in total. The average molecular weight is 1370 g/mol. The molecule has 3 saturated carbocycles. The number of ether oxygens (including phenoxy) is 6. The first-order valence-corrected chi connectivity index (χ1v) is 36.3. The van der Waals surface area contributed by atoms with Crippen LogP contribution in [-0.2, 0) is 58.2 Å². The van der Waals surface area contributed by atoms with Crippen LogP contribution >= 0.6 is 0 Å². The largest absolute Gasteiger partial charge is 0.519 e. The third kappa shape index (κ3) is 18.1. The zero-order chi connectivity index (χ0) is 71.0. The minimum Gasteiger partial charge on any atom is -0.445 e. The molecule has 0 radical (unpaired) electrons. The first kappa shape index (κ1) is 73.7. The highest BCUT2D eigenvalue weighted by molar-refractivity contribution is 5.72. The number of carbonyl (C=O) groups is 5. The molecule has 0 saturated heterocycles. The monoisotopic (exact) mass is 1370 g/mol. The summed E-state index contributed by atoms with van der Waals surface area (Å²) in [6, 6.07) is 42.3. The fourth-order valence-electron chi connectivity index (χ4n) is 16.6. The molecule has 9 atom stereocenters. The summed E-state index contributed by atoms with van der Waals surface area (Å²) in [5.41, 5.74) is 15.2. The summed E-state index contributed by atoms with van der Waals surface area (Å²) in [4.78, 5) is 76.6. The van der Waals surface area contributed by atoms with E-state index in [9.17, 15) is 34.1 Å². The lowest BCUT2D eigenvalue weighted by Gasteiger charge is -2.49. The molecule has 19 heteroatoms. The van der Waals surface area contributed by atoms with Gasteiger partial charge in [-0.3, -0.25) is 10.1 Å². The number of nitrogens with two attached hydrogens (primary N) is 1. The Balaban J connectivity index is 0.000000166. The van der Waals surface area contributed by atoms with Gasteiger partial charge in [-0.25, -0.2) is 24.0 Å². The Hall–Kier alpha value is -8.97. The molecule has 6 aliphatic carbocycles. The molecule has 12 rings (SSSR count). The summed E-state index contributed by atoms with van der Waals surface area (Å²) in [7, 11) is 3.53. The van der Waals surface area contributed by atoms with E-state index in [1.165, 1.54) is 90.6 Å². The Morgan fingerprint density at radius 3 is 1.28 bits per heavy atom. The van der Waals surface area contributed by atoms with E-state index in [0.29, 0.717) is 42.2 Å². The van der Waals surface area contributed by atoms with Crippen molar-refractivity contribution < 1.29 is 57.3 Å². The lowest BCUT2D eigenvalue weighted by atomic mass is 9.59. The van der Waals surface area contributed by atoms with E-state index in [-0.39, 0.29) is 83.2 Å². The van der Waals surface area contributed by atoms with Crippen LogP contribution in [0.5, 0.6) is 23.0 Å². The maximum atomic E-state index is 13.0. The molecule has 0 heterocycles. The number of nitrogens with zero attached hydrogens (tertiary/aromatic N) is 3. The fraction of sp³-hybridized carbons (Fsp3) is 0.494. The zero-order valence-corrected chi connectivity index (χ0v) is 59.4. The predicted molar refractivity (Wildman–Crippen MR) is 385 cm³/mol. The molecule has 0 aliphatic heterocycles. The molecule has 6 bridgehead atoms. The number of carbonyl (C=O) groups excluding carboxylic acids is 5. The van der Waals surface area contributed by atoms with Crippen LogP contribution < -0.4 is 35.3 Å². The van der Waals surface area contributed by atoms with Crippen molar-refractivity contribution in [2.24, 2.45) is 23.5 Å². The van der Waals surface area contributed by atoms with Crippen LogP contribution in [0.4, 0.5) is 29.7 Å². The number of alkyl carbamates (subject to hydrolysis) is 2. The van der Waals surface area contributed by atoms with Gasteiger partial charge in [0, 0.05) is 73.7 Å². The second-order valence-corrected chi connectivity index (χ2v) is 29.1. The van der Waals surface area contributed by atoms with Gasteiger partial charge < -0.3 is 54.6 Å². The summed E-state index contributed by atoms with van der Waals surface area (Å²) in [6.45, 7) is 12.6. The van der Waals surface area contributed by atoms with Crippen LogP contribution in [0.2, 0.25) is 0 Å². The quantitative estimate of drug-likeness (QED) is 0.0375. The number of benzene rings is 6. The summed E-state index contributed by atoms with van der Waals surface area (Å²) in [5, 5.41) is 17.3. The maximum Gasteiger partial charge on any atom is 0.519 e. The Morgan fingerprint density at radius 1 is 0.490 bits per heavy atom. The smallest absolute Gasteiger partial charge is 0.445 e. The molecule has 4 amide bonds. The SMILES string of the molecule is CCCN(C)C(=O)Oc1ccc2c(c1)[C@@]1(C)CCCCC[C@@H](C2)[C@@H]1N.CCCN(C)C(=O)Oc1ccc2c(c1)[C@@]1(C)CCCCC[C@@H](C2)[C@@H]1NC(=O)OCc1ccccc1.C[C@@]12CCCCC[C@@H](Cc3ccc(OC(=O)Oc4ccc([N+](=O)[O-])cc4)cc31)[C@@H]2NC(=O)OCc1ccccc1. The number of nitro groups is 1. The number of hydrogen-bond donors (Lipinski definition) is 3. The van der Waals surface area contributed by atoms with Crippen LogP contribution in [0, 0.1) is 27.9 Å². The van der Waals surface area contributed by atoms with E-state index in [0.717, 1.165) is 107 Å². The number of rotatable bonds is 15. The van der Waals surface area contributed by atoms with Gasteiger partial charge in [-0.1, -0.05) is 171 Å². The molecule has 6 aromatic carbocycles. The van der Waals surface area contributed by atoms with Gasteiger partial charge in [0.15, 0.2) is 0 Å². The highest BCUT2D eigenvalue weighted by Gasteiger charge is 2.49. The van der Waals surface area contributed by atoms with Crippen molar-refractivity contribution in [1.82, 2.24) is 20.4 Å². The summed E-state index contributed by atoms with van der Waals surface area (Å²) in [6.07, 6.45) is 19.0. The van der Waals surface area contributed by atoms with Crippen LogP contribution in [0.1, 0.15) is 188 Å². The van der Waals surface area contributed by atoms with E-state index < -0.39 is 17.2 Å². The van der Waals surface area contributed by atoms with Crippen LogP contribution in [0.25, 0.3) is 0 Å². The van der Waals surface area contributed by atoms with E-state index in [1.807, 2.05) is 97.9 Å². The molecular weight excluding hydrogens is 1260 g/mol. The Bertz CT molecular complexity index is 3780. The molecule has 0 aromatic heterocycles. The minimum absolute atomic E-state index is 0.0175. The van der Waals surface area contributed by atoms with Crippen molar-refractivity contribution in [2.45, 2.75) is 211 Å².